The molecule has 0 aliphatic rings. The van der Waals surface area contributed by atoms with E-state index in [1.165, 1.54) is 6.07 Å². The number of aromatic hydroxyl groups is 2. The number of nitrogens with zero attached hydrogens (tertiary/aromatic N) is 1. The van der Waals surface area contributed by atoms with Gasteiger partial charge in [-0.25, -0.2) is 0 Å². The Bertz CT molecular complexity index is 378. The molecule has 0 radical (unpaired) electrons. The third-order valence-electron chi connectivity index (χ3n) is 3.48. The van der Waals surface area contributed by atoms with E-state index in [1.807, 2.05) is 6.92 Å². The number of hydrogen-bond acceptors (Lipinski definition) is 4. The predicted octanol–water partition coefficient (Wildman–Crippen LogP) is 2.48. The van der Waals surface area contributed by atoms with Gasteiger partial charge in [-0.2, -0.15) is 0 Å². The molecule has 1 rings (SSSR count). The van der Waals surface area contributed by atoms with Crippen molar-refractivity contribution in [1.82, 2.24) is 10.2 Å². The average molecular weight is 266 g/mol. The third kappa shape index (κ3) is 5.09. The van der Waals surface area contributed by atoms with Crippen molar-refractivity contribution in [2.24, 2.45) is 0 Å². The first kappa shape index (κ1) is 15.8. The molecule has 0 aliphatic heterocycles. The molecule has 1 aromatic carbocycles. The van der Waals surface area contributed by atoms with Gasteiger partial charge < -0.3 is 20.4 Å². The van der Waals surface area contributed by atoms with Gasteiger partial charge in [0.15, 0.2) is 0 Å². The van der Waals surface area contributed by atoms with Crippen LogP contribution >= 0.6 is 0 Å². The van der Waals surface area contributed by atoms with E-state index >= 15 is 0 Å². The van der Waals surface area contributed by atoms with Crippen LogP contribution in [0.15, 0.2) is 18.2 Å². The Balaban J connectivity index is 2.37. The molecule has 0 amide bonds. The summed E-state index contributed by atoms with van der Waals surface area (Å²) in [6, 6.07) is 4.82. The zero-order valence-electron chi connectivity index (χ0n) is 12.2. The van der Waals surface area contributed by atoms with Gasteiger partial charge in [0.25, 0.3) is 0 Å². The van der Waals surface area contributed by atoms with Crippen LogP contribution in [0.2, 0.25) is 0 Å². The van der Waals surface area contributed by atoms with Gasteiger partial charge in [0.2, 0.25) is 0 Å². The highest BCUT2D eigenvalue weighted by atomic mass is 16.3. The first-order chi connectivity index (χ1) is 9.08. The van der Waals surface area contributed by atoms with E-state index in [-0.39, 0.29) is 17.5 Å². The standard InChI is InChI=1S/C15H26N2O2/c1-4-17(5-2)10-6-9-16-12(3)14-8-7-13(18)11-15(14)19/h7-8,11-12,16,18-19H,4-6,9-10H2,1-3H3. The van der Waals surface area contributed by atoms with Crippen LogP contribution in [-0.4, -0.2) is 41.3 Å². The van der Waals surface area contributed by atoms with E-state index in [9.17, 15) is 10.2 Å². The van der Waals surface area contributed by atoms with Crippen LogP contribution in [0.5, 0.6) is 11.5 Å². The van der Waals surface area contributed by atoms with Crippen LogP contribution in [0.4, 0.5) is 0 Å². The molecular weight excluding hydrogens is 240 g/mol. The molecule has 0 bridgehead atoms. The van der Waals surface area contributed by atoms with E-state index in [1.54, 1.807) is 12.1 Å². The smallest absolute Gasteiger partial charge is 0.124 e. The van der Waals surface area contributed by atoms with Gasteiger partial charge in [-0.15, -0.1) is 0 Å². The Hall–Kier alpha value is -1.26. The van der Waals surface area contributed by atoms with E-state index in [0.717, 1.165) is 38.2 Å². The molecule has 0 aliphatic carbocycles. The Morgan fingerprint density at radius 3 is 2.47 bits per heavy atom. The van der Waals surface area contributed by atoms with Crippen molar-refractivity contribution in [3.63, 3.8) is 0 Å². The monoisotopic (exact) mass is 266 g/mol. The largest absolute Gasteiger partial charge is 0.508 e. The van der Waals surface area contributed by atoms with Gasteiger partial charge in [-0.3, -0.25) is 0 Å². The molecule has 0 aromatic heterocycles. The highest BCUT2D eigenvalue weighted by Crippen LogP contribution is 2.27. The summed E-state index contributed by atoms with van der Waals surface area (Å²) in [4.78, 5) is 2.39. The van der Waals surface area contributed by atoms with Gasteiger partial charge in [-0.05, 0) is 45.6 Å². The second-order valence-electron chi connectivity index (χ2n) is 4.80. The number of phenolic OH excluding ortho intramolecular Hbond substituents is 2. The third-order valence-corrected chi connectivity index (χ3v) is 3.48. The Morgan fingerprint density at radius 1 is 1.21 bits per heavy atom. The summed E-state index contributed by atoms with van der Waals surface area (Å²) in [7, 11) is 0. The Kier molecular flexibility index (Phi) is 6.67. The lowest BCUT2D eigenvalue weighted by Gasteiger charge is -2.19. The molecule has 0 fully saturated rings. The van der Waals surface area contributed by atoms with Crippen molar-refractivity contribution < 1.29 is 10.2 Å². The first-order valence-electron chi connectivity index (χ1n) is 7.06. The van der Waals surface area contributed by atoms with Gasteiger partial charge in [0.05, 0.1) is 0 Å². The van der Waals surface area contributed by atoms with Crippen molar-refractivity contribution >= 4 is 0 Å². The zero-order valence-corrected chi connectivity index (χ0v) is 12.2. The lowest BCUT2D eigenvalue weighted by Crippen LogP contribution is -2.28. The quantitative estimate of drug-likeness (QED) is 0.633. The summed E-state index contributed by atoms with van der Waals surface area (Å²) in [6.45, 7) is 10.5. The molecule has 0 saturated carbocycles. The lowest BCUT2D eigenvalue weighted by molar-refractivity contribution is 0.296. The summed E-state index contributed by atoms with van der Waals surface area (Å²) in [6.07, 6.45) is 1.09. The molecule has 3 N–H and O–H groups in total. The fraction of sp³-hybridized carbons (Fsp3) is 0.600. The summed E-state index contributed by atoms with van der Waals surface area (Å²) >= 11 is 0. The average Bonchev–Trinajstić information content (AvgIpc) is 2.38. The van der Waals surface area contributed by atoms with Crippen molar-refractivity contribution in [2.75, 3.05) is 26.2 Å². The highest BCUT2D eigenvalue weighted by molar-refractivity contribution is 5.40. The zero-order chi connectivity index (χ0) is 14.3. The van der Waals surface area contributed by atoms with E-state index in [4.69, 9.17) is 0 Å². The van der Waals surface area contributed by atoms with Crippen LogP contribution in [0, 0.1) is 0 Å². The summed E-state index contributed by atoms with van der Waals surface area (Å²) in [5.41, 5.74) is 0.820. The van der Waals surface area contributed by atoms with Crippen LogP contribution in [0.25, 0.3) is 0 Å². The number of nitrogens with one attached hydrogen (secondary N) is 1. The van der Waals surface area contributed by atoms with Crippen molar-refractivity contribution in [3.8, 4) is 11.5 Å². The minimum atomic E-state index is 0.0808. The molecule has 1 aromatic rings. The normalized spacial score (nSPS) is 12.8. The maximum absolute atomic E-state index is 9.77. The first-order valence-corrected chi connectivity index (χ1v) is 7.06. The molecule has 0 spiro atoms. The molecule has 19 heavy (non-hydrogen) atoms. The minimum absolute atomic E-state index is 0.0808. The fourth-order valence-electron chi connectivity index (χ4n) is 2.17. The predicted molar refractivity (Wildman–Crippen MR) is 78.6 cm³/mol. The number of rotatable bonds is 8. The maximum Gasteiger partial charge on any atom is 0.124 e. The summed E-state index contributed by atoms with van der Waals surface area (Å²) < 4.78 is 0. The SMILES string of the molecule is CCN(CC)CCCNC(C)c1ccc(O)cc1O. The van der Waals surface area contributed by atoms with Crippen molar-refractivity contribution in [3.05, 3.63) is 23.8 Å². The molecule has 0 heterocycles. The van der Waals surface area contributed by atoms with Gasteiger partial charge in [-0.1, -0.05) is 19.9 Å². The van der Waals surface area contributed by atoms with E-state index in [2.05, 4.69) is 24.1 Å². The number of phenols is 2. The van der Waals surface area contributed by atoms with Crippen LogP contribution < -0.4 is 5.32 Å². The van der Waals surface area contributed by atoms with Crippen molar-refractivity contribution in [2.45, 2.75) is 33.2 Å². The van der Waals surface area contributed by atoms with Gasteiger partial charge in [0.1, 0.15) is 11.5 Å². The number of hydrogen-bond donors (Lipinski definition) is 3. The second kappa shape index (κ2) is 8.02. The van der Waals surface area contributed by atoms with E-state index in [0.29, 0.717) is 0 Å². The summed E-state index contributed by atoms with van der Waals surface area (Å²) in [5.74, 6) is 0.235. The topological polar surface area (TPSA) is 55.7 Å². The molecule has 108 valence electrons. The van der Waals surface area contributed by atoms with Crippen molar-refractivity contribution in [1.29, 1.82) is 0 Å². The van der Waals surface area contributed by atoms with Crippen LogP contribution in [0.1, 0.15) is 38.8 Å². The molecule has 1 unspecified atom stereocenters. The summed E-state index contributed by atoms with van der Waals surface area (Å²) in [5, 5.41) is 22.4. The fourth-order valence-corrected chi connectivity index (χ4v) is 2.17. The molecule has 0 saturated heterocycles. The Morgan fingerprint density at radius 2 is 1.89 bits per heavy atom. The van der Waals surface area contributed by atoms with Crippen LogP contribution in [-0.2, 0) is 0 Å². The van der Waals surface area contributed by atoms with Crippen LogP contribution in [0.3, 0.4) is 0 Å². The Labute approximate surface area is 116 Å². The molecule has 4 heteroatoms. The maximum atomic E-state index is 9.77. The molecular formula is C15H26N2O2. The van der Waals surface area contributed by atoms with E-state index < -0.39 is 0 Å². The van der Waals surface area contributed by atoms with Gasteiger partial charge in [0, 0.05) is 17.7 Å². The molecule has 1 atom stereocenters. The number of benzene rings is 1. The highest BCUT2D eigenvalue weighted by Gasteiger charge is 2.10. The molecule has 4 nitrogen and oxygen atoms in total. The lowest BCUT2D eigenvalue weighted by atomic mass is 10.1. The minimum Gasteiger partial charge on any atom is -0.508 e. The van der Waals surface area contributed by atoms with Gasteiger partial charge >= 0.3 is 0 Å². The second-order valence-corrected chi connectivity index (χ2v) is 4.80.